The van der Waals surface area contributed by atoms with E-state index in [-0.39, 0.29) is 28.8 Å². The Morgan fingerprint density at radius 3 is 2.83 bits per heavy atom. The number of aromatic carboxylic acids is 1. The van der Waals surface area contributed by atoms with Gasteiger partial charge in [-0.2, -0.15) is 0 Å². The van der Waals surface area contributed by atoms with Gasteiger partial charge >= 0.3 is 5.97 Å². The normalized spacial score (nSPS) is 19.2. The highest BCUT2D eigenvalue weighted by Gasteiger charge is 2.33. The van der Waals surface area contributed by atoms with Gasteiger partial charge in [-0.05, 0) is 18.9 Å². The number of nitrogens with one attached hydrogen (secondary N) is 2. The molecule has 2 aromatic rings. The number of thiazole rings is 1. The fourth-order valence-corrected chi connectivity index (χ4v) is 4.42. The summed E-state index contributed by atoms with van der Waals surface area (Å²) in [5.41, 5.74) is 1.06. The molecule has 29 heavy (non-hydrogen) atoms. The van der Waals surface area contributed by atoms with Crippen molar-refractivity contribution in [1.82, 2.24) is 20.3 Å². The molecule has 0 spiro atoms. The van der Waals surface area contributed by atoms with Crippen LogP contribution in [0.25, 0.3) is 6.08 Å². The number of ether oxygens (including phenoxy) is 1. The van der Waals surface area contributed by atoms with Crippen LogP contribution in [0.3, 0.4) is 0 Å². The molecule has 0 saturated carbocycles. The monoisotopic (exact) mass is 439 g/mol. The van der Waals surface area contributed by atoms with Crippen molar-refractivity contribution in [3.63, 3.8) is 0 Å². The first-order valence-electron chi connectivity index (χ1n) is 9.07. The fraction of sp³-hybridized carbons (Fsp3) is 0.444. The molecule has 3 rings (SSSR count). The van der Waals surface area contributed by atoms with E-state index in [1.165, 1.54) is 6.08 Å². The zero-order valence-corrected chi connectivity index (χ0v) is 17.6. The average molecular weight is 440 g/mol. The van der Waals surface area contributed by atoms with E-state index in [2.05, 4.69) is 26.8 Å². The zero-order valence-electron chi connectivity index (χ0n) is 16.1. The van der Waals surface area contributed by atoms with Gasteiger partial charge in [0.25, 0.3) is 5.91 Å². The molecular weight excluding hydrogens is 418 g/mol. The van der Waals surface area contributed by atoms with Crippen molar-refractivity contribution in [2.45, 2.75) is 31.9 Å². The molecule has 9 nitrogen and oxygen atoms in total. The quantitative estimate of drug-likeness (QED) is 0.605. The lowest BCUT2D eigenvalue weighted by Crippen LogP contribution is -2.55. The van der Waals surface area contributed by atoms with E-state index in [1.54, 1.807) is 7.11 Å². The number of aromatic nitrogens is 3. The van der Waals surface area contributed by atoms with E-state index in [9.17, 15) is 14.7 Å². The molecule has 3 N–H and O–H groups in total. The van der Waals surface area contributed by atoms with Crippen LogP contribution in [0, 0.1) is 0 Å². The molecule has 1 unspecified atom stereocenters. The molecule has 0 aliphatic carbocycles. The number of imidazole rings is 1. The SMILES string of the molecule is C=Cc1nc(N2CCC(NC(=O)c3nc(Cl)c(CC)[nH]3)[C@@H](OC)C2)sc1C(=O)O. The number of aryl methyl sites for hydroxylation is 1. The standard InChI is InChI=1S/C18H22ClN5O4S/c1-4-9-13(17(26)27)29-18(22-9)24-7-6-11(12(8-24)28-3)21-16(25)15-20-10(5-2)14(19)23-15/h4,11-12H,1,5-8H2,2-3H3,(H,20,23)(H,21,25)(H,26,27)/t11?,12-/m0/s1. The van der Waals surface area contributed by atoms with E-state index in [1.807, 2.05) is 11.8 Å². The lowest BCUT2D eigenvalue weighted by molar-refractivity contribution is 0.0538. The predicted octanol–water partition coefficient (Wildman–Crippen LogP) is 2.45. The highest BCUT2D eigenvalue weighted by atomic mass is 35.5. The van der Waals surface area contributed by atoms with Gasteiger partial charge in [-0.15, -0.1) is 0 Å². The minimum Gasteiger partial charge on any atom is -0.477 e. The first kappa shape index (κ1) is 21.3. The minimum absolute atomic E-state index is 0.154. The van der Waals surface area contributed by atoms with E-state index in [0.717, 1.165) is 11.3 Å². The molecule has 1 aliphatic heterocycles. The number of carbonyl (C=O) groups is 2. The van der Waals surface area contributed by atoms with Gasteiger partial charge in [-0.25, -0.2) is 14.8 Å². The Kier molecular flexibility index (Phi) is 6.56. The second-order valence-corrected chi connectivity index (χ2v) is 7.85. The van der Waals surface area contributed by atoms with Crippen LogP contribution in [-0.2, 0) is 11.2 Å². The first-order valence-corrected chi connectivity index (χ1v) is 10.3. The minimum atomic E-state index is -1.03. The van der Waals surface area contributed by atoms with Crippen molar-refractivity contribution in [3.05, 3.63) is 33.8 Å². The summed E-state index contributed by atoms with van der Waals surface area (Å²) in [4.78, 5) is 37.4. The number of halogens is 1. The largest absolute Gasteiger partial charge is 0.477 e. The Morgan fingerprint density at radius 1 is 1.52 bits per heavy atom. The summed E-state index contributed by atoms with van der Waals surface area (Å²) >= 11 is 7.12. The molecule has 1 amide bonds. The topological polar surface area (TPSA) is 120 Å². The van der Waals surface area contributed by atoms with Gasteiger partial charge in [0, 0.05) is 20.2 Å². The maximum absolute atomic E-state index is 12.5. The summed E-state index contributed by atoms with van der Waals surface area (Å²) in [6, 6.07) is -0.226. The number of hydrogen-bond acceptors (Lipinski definition) is 7. The number of carbonyl (C=O) groups excluding carboxylic acids is 1. The Hall–Kier alpha value is -2.43. The van der Waals surface area contributed by atoms with Crippen LogP contribution in [0.15, 0.2) is 6.58 Å². The number of nitrogens with zero attached hydrogens (tertiary/aromatic N) is 3. The summed E-state index contributed by atoms with van der Waals surface area (Å²) in [6.45, 7) is 6.60. The average Bonchev–Trinajstić information content (AvgIpc) is 3.31. The third-order valence-electron chi connectivity index (χ3n) is 4.78. The van der Waals surface area contributed by atoms with Crippen molar-refractivity contribution >= 4 is 46.0 Å². The summed E-state index contributed by atoms with van der Waals surface area (Å²) < 4.78 is 5.58. The molecule has 1 saturated heterocycles. The molecular formula is C18H22ClN5O4S. The first-order chi connectivity index (χ1) is 13.9. The highest BCUT2D eigenvalue weighted by molar-refractivity contribution is 7.17. The summed E-state index contributed by atoms with van der Waals surface area (Å²) in [6.07, 6.45) is 2.39. The van der Waals surface area contributed by atoms with Gasteiger partial charge in [0.05, 0.1) is 23.5 Å². The lowest BCUT2D eigenvalue weighted by atomic mass is 10.0. The molecule has 11 heteroatoms. The zero-order chi connectivity index (χ0) is 21.1. The number of amides is 1. The lowest BCUT2D eigenvalue weighted by Gasteiger charge is -2.37. The molecule has 1 fully saturated rings. The molecule has 156 valence electrons. The number of aromatic amines is 1. The Labute approximate surface area is 176 Å². The van der Waals surface area contributed by atoms with Gasteiger partial charge in [-0.1, -0.05) is 36.4 Å². The van der Waals surface area contributed by atoms with E-state index in [0.29, 0.717) is 47.6 Å². The fourth-order valence-electron chi connectivity index (χ4n) is 3.21. The number of methoxy groups -OCH3 is 1. The summed E-state index contributed by atoms with van der Waals surface area (Å²) in [7, 11) is 1.58. The molecule has 0 radical (unpaired) electrons. The van der Waals surface area contributed by atoms with E-state index >= 15 is 0 Å². The summed E-state index contributed by atoms with van der Waals surface area (Å²) in [5, 5.41) is 13.1. The molecule has 0 aromatic carbocycles. The van der Waals surface area contributed by atoms with Crippen LogP contribution in [0.2, 0.25) is 5.15 Å². The second-order valence-electron chi connectivity index (χ2n) is 6.52. The van der Waals surface area contributed by atoms with Gasteiger partial charge in [0.1, 0.15) is 4.88 Å². The maximum atomic E-state index is 12.5. The van der Waals surface area contributed by atoms with Crippen LogP contribution in [0.4, 0.5) is 5.13 Å². The Balaban J connectivity index is 1.70. The van der Waals surface area contributed by atoms with E-state index < -0.39 is 5.97 Å². The van der Waals surface area contributed by atoms with Crippen LogP contribution in [0.1, 0.15) is 45.0 Å². The van der Waals surface area contributed by atoms with Crippen molar-refractivity contribution in [1.29, 1.82) is 0 Å². The second kappa shape index (κ2) is 8.93. The van der Waals surface area contributed by atoms with Crippen LogP contribution >= 0.6 is 22.9 Å². The smallest absolute Gasteiger partial charge is 0.348 e. The van der Waals surface area contributed by atoms with Crippen molar-refractivity contribution in [2.75, 3.05) is 25.1 Å². The molecule has 0 bridgehead atoms. The number of carboxylic acids is 1. The van der Waals surface area contributed by atoms with Gasteiger partial charge in [0.15, 0.2) is 16.1 Å². The van der Waals surface area contributed by atoms with Gasteiger partial charge in [-0.3, -0.25) is 4.79 Å². The Morgan fingerprint density at radius 2 is 2.28 bits per heavy atom. The van der Waals surface area contributed by atoms with Crippen molar-refractivity contribution in [3.8, 4) is 0 Å². The molecule has 3 heterocycles. The third-order valence-corrected chi connectivity index (χ3v) is 6.21. The summed E-state index contributed by atoms with van der Waals surface area (Å²) in [5.74, 6) is -1.20. The number of carboxylic acid groups (broad SMARTS) is 1. The van der Waals surface area contributed by atoms with Crippen molar-refractivity contribution < 1.29 is 19.4 Å². The third kappa shape index (κ3) is 4.44. The molecule has 2 atom stereocenters. The number of anilines is 1. The number of rotatable bonds is 7. The van der Waals surface area contributed by atoms with E-state index in [4.69, 9.17) is 16.3 Å². The maximum Gasteiger partial charge on any atom is 0.348 e. The highest BCUT2D eigenvalue weighted by Crippen LogP contribution is 2.30. The Bertz CT molecular complexity index is 927. The predicted molar refractivity (Wildman–Crippen MR) is 111 cm³/mol. The van der Waals surface area contributed by atoms with Gasteiger partial charge in [0.2, 0.25) is 0 Å². The number of hydrogen-bond donors (Lipinski definition) is 3. The van der Waals surface area contributed by atoms with Crippen LogP contribution < -0.4 is 10.2 Å². The van der Waals surface area contributed by atoms with Crippen LogP contribution in [0.5, 0.6) is 0 Å². The molecule has 1 aliphatic rings. The van der Waals surface area contributed by atoms with Gasteiger partial charge < -0.3 is 25.0 Å². The number of H-pyrrole nitrogens is 1. The number of piperidine rings is 1. The molecule has 2 aromatic heterocycles. The van der Waals surface area contributed by atoms with Crippen molar-refractivity contribution in [2.24, 2.45) is 0 Å². The van der Waals surface area contributed by atoms with Crippen LogP contribution in [-0.4, -0.2) is 64.3 Å².